The summed E-state index contributed by atoms with van der Waals surface area (Å²) in [7, 11) is 7.36. The molecule has 0 heterocycles. The predicted octanol–water partition coefficient (Wildman–Crippen LogP) is 2.69. The van der Waals surface area contributed by atoms with Crippen LogP contribution in [0.25, 0.3) is 0 Å². The molecule has 0 rings (SSSR count). The summed E-state index contributed by atoms with van der Waals surface area (Å²) in [6, 6.07) is 0. The number of hydrogen-bond donors (Lipinski definition) is 1. The van der Waals surface area contributed by atoms with Crippen LogP contribution in [0.5, 0.6) is 0 Å². The minimum absolute atomic E-state index is 0.222. The van der Waals surface area contributed by atoms with Gasteiger partial charge in [0.2, 0.25) is 14.5 Å². The number of rotatable bonds is 2. The Hall–Kier alpha value is 0.160. The van der Waals surface area contributed by atoms with E-state index in [9.17, 15) is 9.59 Å². The van der Waals surface area contributed by atoms with E-state index in [1.807, 2.05) is 0 Å². The van der Waals surface area contributed by atoms with Crippen LogP contribution in [-0.4, -0.2) is 20.5 Å². The van der Waals surface area contributed by atoms with Crippen LogP contribution >= 0.6 is 33.0 Å². The van der Waals surface area contributed by atoms with Gasteiger partial charge >= 0.3 is 5.97 Å². The minimum Gasteiger partial charge on any atom is -0.481 e. The molecule has 0 spiro atoms. The summed E-state index contributed by atoms with van der Waals surface area (Å²) in [5.41, 5.74) is 0. The molecule has 0 saturated carbocycles. The number of halogens is 3. The molecule has 0 fully saturated rings. The normalized spacial score (nSPS) is 7.86. The quantitative estimate of drug-likeness (QED) is 0.792. The molecule has 0 aromatic heterocycles. The molecule has 14 heavy (non-hydrogen) atoms. The van der Waals surface area contributed by atoms with Crippen molar-refractivity contribution in [2.45, 2.75) is 26.7 Å². The Morgan fingerprint density at radius 2 is 1.36 bits per heavy atom. The summed E-state index contributed by atoms with van der Waals surface area (Å²) < 4.78 is 9.09. The monoisotopic (exact) mass is 284 g/mol. The van der Waals surface area contributed by atoms with Crippen LogP contribution in [0.1, 0.15) is 26.7 Å². The fourth-order valence-electron chi connectivity index (χ4n) is 0. The first-order valence-electron chi connectivity index (χ1n) is 3.42. The second-order valence-electron chi connectivity index (χ2n) is 1.64. The van der Waals surface area contributed by atoms with Gasteiger partial charge in [0.1, 0.15) is 0 Å². The molecule has 0 unspecified atom stereocenters. The molecule has 0 radical (unpaired) electrons. The number of carbonyl (C=O) groups is 2. The Labute approximate surface area is 99.0 Å². The largest absolute Gasteiger partial charge is 0.481 e. The van der Waals surface area contributed by atoms with E-state index >= 15 is 0 Å². The Balaban J connectivity index is -0.000000131. The SMILES string of the molecule is CCC(=O)Cl.CCC(=O)O.O=S(Cl)Cl. The van der Waals surface area contributed by atoms with Gasteiger partial charge in [0.15, 0.2) is 0 Å². The van der Waals surface area contributed by atoms with Crippen LogP contribution in [0.15, 0.2) is 0 Å². The number of hydrogen-bond acceptors (Lipinski definition) is 3. The third kappa shape index (κ3) is 87.5. The molecule has 0 bridgehead atoms. The second-order valence-corrected chi connectivity index (χ2v) is 4.59. The van der Waals surface area contributed by atoms with Gasteiger partial charge in [-0.3, -0.25) is 9.59 Å². The third-order valence-electron chi connectivity index (χ3n) is 0.580. The predicted molar refractivity (Wildman–Crippen MR) is 58.9 cm³/mol. The molecule has 0 aromatic rings. The Bertz CT molecular complexity index is 168. The number of carbonyl (C=O) groups excluding carboxylic acids is 1. The zero-order chi connectivity index (χ0) is 12.1. The van der Waals surface area contributed by atoms with Crippen LogP contribution in [0.3, 0.4) is 0 Å². The standard InChI is InChI=1S/C3H5ClO.C3H6O2.Cl2OS/c2*1-2-3(4)5;1-4(2)3/h2H2,1H3;2H2,1H3,(H,4,5);. The summed E-state index contributed by atoms with van der Waals surface area (Å²) >= 11 is 4.82. The van der Waals surface area contributed by atoms with Crippen molar-refractivity contribution in [3.63, 3.8) is 0 Å². The molecule has 0 aliphatic rings. The molecule has 0 atom stereocenters. The Morgan fingerprint density at radius 3 is 1.36 bits per heavy atom. The lowest BCUT2D eigenvalue weighted by Gasteiger charge is -1.71. The maximum atomic E-state index is 9.58. The summed E-state index contributed by atoms with van der Waals surface area (Å²) in [6.45, 7) is 3.32. The zero-order valence-electron chi connectivity index (χ0n) is 7.63. The van der Waals surface area contributed by atoms with Crippen LogP contribution in [0.2, 0.25) is 0 Å². The van der Waals surface area contributed by atoms with E-state index in [4.69, 9.17) is 20.9 Å². The smallest absolute Gasteiger partial charge is 0.303 e. The van der Waals surface area contributed by atoms with Gasteiger partial charge in [-0.1, -0.05) is 13.8 Å². The van der Waals surface area contributed by atoms with E-state index in [1.165, 1.54) is 0 Å². The first kappa shape index (κ1) is 19.7. The van der Waals surface area contributed by atoms with Gasteiger partial charge in [-0.2, -0.15) is 0 Å². The highest BCUT2D eigenvalue weighted by Gasteiger charge is 1.81. The van der Waals surface area contributed by atoms with E-state index in [1.54, 1.807) is 13.8 Å². The summed E-state index contributed by atoms with van der Waals surface area (Å²) in [5, 5.41) is 7.45. The van der Waals surface area contributed by atoms with Crippen LogP contribution in [0.4, 0.5) is 0 Å². The van der Waals surface area contributed by atoms with Crippen LogP contribution < -0.4 is 0 Å². The van der Waals surface area contributed by atoms with E-state index in [2.05, 4.69) is 21.4 Å². The highest BCUT2D eigenvalue weighted by atomic mass is 36.0. The maximum Gasteiger partial charge on any atom is 0.303 e. The van der Waals surface area contributed by atoms with Crippen molar-refractivity contribution in [1.29, 1.82) is 0 Å². The molecule has 0 amide bonds. The number of carboxylic acid groups (broad SMARTS) is 1. The fraction of sp³-hybridized carbons (Fsp3) is 0.667. The Kier molecular flexibility index (Phi) is 22.0. The lowest BCUT2D eigenvalue weighted by molar-refractivity contribution is -0.136. The highest BCUT2D eigenvalue weighted by molar-refractivity contribution is 8.26. The molecule has 86 valence electrons. The van der Waals surface area contributed by atoms with E-state index in [0.29, 0.717) is 6.42 Å². The van der Waals surface area contributed by atoms with Crippen LogP contribution in [-0.2, 0) is 18.8 Å². The van der Waals surface area contributed by atoms with E-state index < -0.39 is 15.2 Å². The van der Waals surface area contributed by atoms with Crippen molar-refractivity contribution in [3.05, 3.63) is 0 Å². The number of aliphatic carboxylic acids is 1. The molecule has 0 aliphatic carbocycles. The Morgan fingerprint density at radius 1 is 1.21 bits per heavy atom. The lowest BCUT2D eigenvalue weighted by Crippen LogP contribution is -1.86. The first-order chi connectivity index (χ1) is 6.27. The average molecular weight is 286 g/mol. The summed E-state index contributed by atoms with van der Waals surface area (Å²) in [6.07, 6.45) is 0.654. The molecule has 1 N–H and O–H groups in total. The van der Waals surface area contributed by atoms with Gasteiger partial charge in [0, 0.05) is 34.2 Å². The van der Waals surface area contributed by atoms with Crippen LogP contribution in [0, 0.1) is 0 Å². The third-order valence-corrected chi connectivity index (χ3v) is 0.848. The van der Waals surface area contributed by atoms with Crippen molar-refractivity contribution < 1.29 is 18.9 Å². The summed E-state index contributed by atoms with van der Waals surface area (Å²) in [5.74, 6) is -0.745. The first-order valence-corrected chi connectivity index (χ1v) is 6.60. The van der Waals surface area contributed by atoms with Gasteiger partial charge in [0.25, 0.3) is 0 Å². The van der Waals surface area contributed by atoms with E-state index in [-0.39, 0.29) is 11.7 Å². The molecule has 4 nitrogen and oxygen atoms in total. The molecule has 0 aliphatic heterocycles. The van der Waals surface area contributed by atoms with Crippen molar-refractivity contribution in [1.82, 2.24) is 0 Å². The molecular formula is C6H11Cl3O4S. The molecular weight excluding hydrogens is 274 g/mol. The van der Waals surface area contributed by atoms with Gasteiger partial charge in [0.05, 0.1) is 0 Å². The van der Waals surface area contributed by atoms with Crippen molar-refractivity contribution >= 4 is 53.4 Å². The molecule has 8 heteroatoms. The van der Waals surface area contributed by atoms with E-state index in [0.717, 1.165) is 0 Å². The maximum absolute atomic E-state index is 9.58. The van der Waals surface area contributed by atoms with Gasteiger partial charge in [-0.25, -0.2) is 4.21 Å². The van der Waals surface area contributed by atoms with Gasteiger partial charge < -0.3 is 5.11 Å². The average Bonchev–Trinajstić information content (AvgIpc) is 2.04. The minimum atomic E-state index is -1.67. The number of carboxylic acids is 1. The second kappa shape index (κ2) is 15.6. The summed E-state index contributed by atoms with van der Waals surface area (Å²) in [4.78, 5) is 18.9. The lowest BCUT2D eigenvalue weighted by atomic mass is 10.5. The molecule has 0 aromatic carbocycles. The topological polar surface area (TPSA) is 71.4 Å². The van der Waals surface area contributed by atoms with Gasteiger partial charge in [-0.05, 0) is 11.6 Å². The zero-order valence-corrected chi connectivity index (χ0v) is 10.7. The molecule has 0 saturated heterocycles. The van der Waals surface area contributed by atoms with Crippen molar-refractivity contribution in [3.8, 4) is 0 Å². The highest BCUT2D eigenvalue weighted by Crippen LogP contribution is 1.89. The van der Waals surface area contributed by atoms with Crippen molar-refractivity contribution in [2.75, 3.05) is 0 Å². The van der Waals surface area contributed by atoms with Crippen molar-refractivity contribution in [2.24, 2.45) is 0 Å². The fourth-order valence-corrected chi connectivity index (χ4v) is 0. The van der Waals surface area contributed by atoms with Gasteiger partial charge in [-0.15, -0.1) is 0 Å².